The van der Waals surface area contributed by atoms with Crippen LogP contribution in [0.1, 0.15) is 47.5 Å². The molecule has 0 unspecified atom stereocenters. The number of hydrogen-bond donors (Lipinski definition) is 0. The van der Waals surface area contributed by atoms with Crippen molar-refractivity contribution < 1.29 is 4.79 Å². The number of likely N-dealkylation sites (tertiary alicyclic amines) is 1. The van der Waals surface area contributed by atoms with E-state index >= 15 is 0 Å². The van der Waals surface area contributed by atoms with E-state index in [-0.39, 0.29) is 0 Å². The van der Waals surface area contributed by atoms with Gasteiger partial charge in [-0.15, -0.1) is 0 Å². The molecule has 1 heterocycles. The summed E-state index contributed by atoms with van der Waals surface area (Å²) in [6.07, 6.45) is 1.80. The molecule has 2 heteroatoms. The summed E-state index contributed by atoms with van der Waals surface area (Å²) in [5.41, 5.74) is 0.352. The average molecular weight is 185 g/mol. The van der Waals surface area contributed by atoms with Crippen LogP contribution in [0.2, 0.25) is 0 Å². The molecule has 13 heavy (non-hydrogen) atoms. The minimum Gasteiger partial charge on any atom is -0.342 e. The summed E-state index contributed by atoms with van der Waals surface area (Å²) in [6.45, 7) is 12.3. The maximum atomic E-state index is 11.2. The molecule has 78 valence electrons. The topological polar surface area (TPSA) is 20.3 Å². The Kier molecular flexibility index (Phi) is 5.04. The van der Waals surface area contributed by atoms with Crippen LogP contribution in [0.4, 0.5) is 0 Å². The number of carbonyl (C=O) groups is 1. The van der Waals surface area contributed by atoms with E-state index in [4.69, 9.17) is 0 Å². The summed E-state index contributed by atoms with van der Waals surface area (Å²) in [6, 6.07) is 0. The molecule has 0 aromatic carbocycles. The predicted molar refractivity (Wildman–Crippen MR) is 56.6 cm³/mol. The molecule has 0 atom stereocenters. The van der Waals surface area contributed by atoms with Gasteiger partial charge in [0.2, 0.25) is 5.91 Å². The lowest BCUT2D eigenvalue weighted by Gasteiger charge is -2.18. The lowest BCUT2D eigenvalue weighted by Crippen LogP contribution is -2.29. The zero-order valence-corrected chi connectivity index (χ0v) is 9.68. The Morgan fingerprint density at radius 2 is 1.92 bits per heavy atom. The molecule has 1 saturated heterocycles. The summed E-state index contributed by atoms with van der Waals surface area (Å²) in [7, 11) is 0. The van der Waals surface area contributed by atoms with Crippen molar-refractivity contribution in [2.75, 3.05) is 13.1 Å². The minimum absolute atomic E-state index is 0.301. The number of rotatable bonds is 1. The van der Waals surface area contributed by atoms with Crippen molar-refractivity contribution in [2.24, 2.45) is 5.41 Å². The second-order valence-electron chi connectivity index (χ2n) is 4.08. The van der Waals surface area contributed by atoms with Crippen molar-refractivity contribution >= 4 is 5.91 Å². The SMILES string of the molecule is CC.CCC(=O)N1CCC(C)(C)C1. The molecule has 1 amide bonds. The van der Waals surface area contributed by atoms with Gasteiger partial charge in [0.05, 0.1) is 0 Å². The molecule has 0 spiro atoms. The molecule has 0 aromatic heterocycles. The number of nitrogens with zero attached hydrogens (tertiary/aromatic N) is 1. The first kappa shape index (κ1) is 12.5. The maximum absolute atomic E-state index is 11.2. The fraction of sp³-hybridized carbons (Fsp3) is 0.909. The molecule has 0 aliphatic carbocycles. The highest BCUT2D eigenvalue weighted by molar-refractivity contribution is 5.76. The highest BCUT2D eigenvalue weighted by Crippen LogP contribution is 2.28. The smallest absolute Gasteiger partial charge is 0.222 e. The average Bonchev–Trinajstić information content (AvgIpc) is 2.48. The lowest BCUT2D eigenvalue weighted by molar-refractivity contribution is -0.130. The van der Waals surface area contributed by atoms with Gasteiger partial charge in [0.1, 0.15) is 0 Å². The van der Waals surface area contributed by atoms with E-state index in [1.54, 1.807) is 0 Å². The number of hydrogen-bond acceptors (Lipinski definition) is 1. The number of amides is 1. The second kappa shape index (κ2) is 5.25. The summed E-state index contributed by atoms with van der Waals surface area (Å²) >= 11 is 0. The van der Waals surface area contributed by atoms with E-state index in [0.717, 1.165) is 19.5 Å². The molecule has 1 aliphatic rings. The van der Waals surface area contributed by atoms with Crippen LogP contribution >= 0.6 is 0 Å². The zero-order valence-electron chi connectivity index (χ0n) is 9.68. The van der Waals surface area contributed by atoms with Crippen LogP contribution < -0.4 is 0 Å². The van der Waals surface area contributed by atoms with E-state index in [9.17, 15) is 4.79 Å². The molecule has 0 saturated carbocycles. The first-order valence-electron chi connectivity index (χ1n) is 5.33. The third-order valence-corrected chi connectivity index (χ3v) is 2.33. The molecule has 2 nitrogen and oxygen atoms in total. The molecule has 1 aliphatic heterocycles. The Balaban J connectivity index is 0.000000671. The third kappa shape index (κ3) is 3.79. The maximum Gasteiger partial charge on any atom is 0.222 e. The van der Waals surface area contributed by atoms with Gasteiger partial charge in [-0.25, -0.2) is 0 Å². The molecule has 0 aromatic rings. The van der Waals surface area contributed by atoms with Crippen LogP contribution in [0.15, 0.2) is 0 Å². The standard InChI is InChI=1S/C9H17NO.C2H6/c1-4-8(11)10-6-5-9(2,3)7-10;1-2/h4-7H2,1-3H3;1-2H3. The minimum atomic E-state index is 0.301. The molecule has 0 radical (unpaired) electrons. The van der Waals surface area contributed by atoms with Gasteiger partial charge in [-0.1, -0.05) is 34.6 Å². The quantitative estimate of drug-likeness (QED) is 0.615. The van der Waals surface area contributed by atoms with E-state index < -0.39 is 0 Å². The Morgan fingerprint density at radius 1 is 1.38 bits per heavy atom. The van der Waals surface area contributed by atoms with Gasteiger partial charge in [-0.2, -0.15) is 0 Å². The molecule has 0 N–H and O–H groups in total. The zero-order chi connectivity index (χ0) is 10.5. The largest absolute Gasteiger partial charge is 0.342 e. The number of carbonyl (C=O) groups excluding carboxylic acids is 1. The van der Waals surface area contributed by atoms with Gasteiger partial charge in [0.25, 0.3) is 0 Å². The highest BCUT2D eigenvalue weighted by atomic mass is 16.2. The fourth-order valence-electron chi connectivity index (χ4n) is 1.55. The van der Waals surface area contributed by atoms with E-state index in [1.165, 1.54) is 0 Å². The Morgan fingerprint density at radius 3 is 2.23 bits per heavy atom. The Hall–Kier alpha value is -0.530. The van der Waals surface area contributed by atoms with Crippen molar-refractivity contribution in [3.63, 3.8) is 0 Å². The lowest BCUT2D eigenvalue weighted by atomic mass is 9.93. The third-order valence-electron chi connectivity index (χ3n) is 2.33. The van der Waals surface area contributed by atoms with E-state index in [2.05, 4.69) is 13.8 Å². The fourth-order valence-corrected chi connectivity index (χ4v) is 1.55. The molecular weight excluding hydrogens is 162 g/mol. The summed E-state index contributed by atoms with van der Waals surface area (Å²) in [5, 5.41) is 0. The molecule has 0 bridgehead atoms. The second-order valence-corrected chi connectivity index (χ2v) is 4.08. The Bertz CT molecular complexity index is 163. The van der Waals surface area contributed by atoms with Crippen molar-refractivity contribution in [1.82, 2.24) is 4.90 Å². The van der Waals surface area contributed by atoms with Crippen LogP contribution in [-0.2, 0) is 4.79 Å². The molecule has 1 rings (SSSR count). The predicted octanol–water partition coefficient (Wildman–Crippen LogP) is 2.68. The van der Waals surface area contributed by atoms with Crippen LogP contribution in [0.25, 0.3) is 0 Å². The van der Waals surface area contributed by atoms with Crippen molar-refractivity contribution in [1.29, 1.82) is 0 Å². The normalized spacial score (nSPS) is 19.3. The molecule has 1 fully saturated rings. The monoisotopic (exact) mass is 185 g/mol. The van der Waals surface area contributed by atoms with Crippen LogP contribution in [0.3, 0.4) is 0 Å². The molecular formula is C11H23NO. The van der Waals surface area contributed by atoms with Crippen LogP contribution in [-0.4, -0.2) is 23.9 Å². The van der Waals surface area contributed by atoms with Gasteiger partial charge >= 0.3 is 0 Å². The summed E-state index contributed by atoms with van der Waals surface area (Å²) in [5.74, 6) is 0.301. The first-order valence-corrected chi connectivity index (χ1v) is 5.33. The first-order chi connectivity index (χ1) is 6.05. The van der Waals surface area contributed by atoms with Crippen LogP contribution in [0, 0.1) is 5.41 Å². The van der Waals surface area contributed by atoms with Crippen molar-refractivity contribution in [3.8, 4) is 0 Å². The van der Waals surface area contributed by atoms with Crippen molar-refractivity contribution in [2.45, 2.75) is 47.5 Å². The highest BCUT2D eigenvalue weighted by Gasteiger charge is 2.30. The van der Waals surface area contributed by atoms with Gasteiger partial charge in [-0.05, 0) is 11.8 Å². The van der Waals surface area contributed by atoms with Crippen molar-refractivity contribution in [3.05, 3.63) is 0 Å². The van der Waals surface area contributed by atoms with E-state index in [1.807, 2.05) is 25.7 Å². The Labute approximate surface area is 82.3 Å². The summed E-state index contributed by atoms with van der Waals surface area (Å²) in [4.78, 5) is 13.2. The summed E-state index contributed by atoms with van der Waals surface area (Å²) < 4.78 is 0. The van der Waals surface area contributed by atoms with Gasteiger partial charge in [0, 0.05) is 19.5 Å². The van der Waals surface area contributed by atoms with Gasteiger partial charge in [-0.3, -0.25) is 4.79 Å². The van der Waals surface area contributed by atoms with E-state index in [0.29, 0.717) is 17.7 Å². The van der Waals surface area contributed by atoms with Gasteiger partial charge < -0.3 is 4.90 Å². The van der Waals surface area contributed by atoms with Crippen LogP contribution in [0.5, 0.6) is 0 Å². The van der Waals surface area contributed by atoms with Gasteiger partial charge in [0.15, 0.2) is 0 Å².